The summed E-state index contributed by atoms with van der Waals surface area (Å²) in [4.78, 5) is 11.6. The summed E-state index contributed by atoms with van der Waals surface area (Å²) in [5, 5.41) is 12.9. The van der Waals surface area contributed by atoms with E-state index in [-0.39, 0.29) is 5.92 Å². The van der Waals surface area contributed by atoms with Gasteiger partial charge in [0.2, 0.25) is 0 Å². The first-order valence-corrected chi connectivity index (χ1v) is 8.83. The van der Waals surface area contributed by atoms with Crippen LogP contribution in [0, 0.1) is 5.92 Å². The van der Waals surface area contributed by atoms with Crippen LogP contribution in [0.3, 0.4) is 0 Å². The molecule has 0 radical (unpaired) electrons. The molecule has 2 aromatic carbocycles. The number of fused-ring (bicyclic) bond motifs is 1. The highest BCUT2D eigenvalue weighted by Crippen LogP contribution is 2.35. The van der Waals surface area contributed by atoms with Gasteiger partial charge in [-0.25, -0.2) is 0 Å². The number of carboxylic acid groups (broad SMARTS) is 1. The Morgan fingerprint density at radius 2 is 1.83 bits per heavy atom. The van der Waals surface area contributed by atoms with Crippen molar-refractivity contribution in [3.8, 4) is 0 Å². The largest absolute Gasteiger partial charge is 0.481 e. The van der Waals surface area contributed by atoms with Crippen LogP contribution in [0.15, 0.2) is 54.6 Å². The lowest BCUT2D eigenvalue weighted by atomic mass is 9.89. The number of anilines is 1. The molecular weight excluding hydrogens is 298 g/mol. The highest BCUT2D eigenvalue weighted by Gasteiger charge is 2.24. The fourth-order valence-electron chi connectivity index (χ4n) is 3.61. The lowest BCUT2D eigenvalue weighted by Gasteiger charge is -2.15. The van der Waals surface area contributed by atoms with Crippen molar-refractivity contribution in [2.45, 2.75) is 38.0 Å². The Hall–Kier alpha value is -2.29. The van der Waals surface area contributed by atoms with Crippen LogP contribution in [-0.2, 0) is 11.2 Å². The van der Waals surface area contributed by atoms with Crippen LogP contribution in [0.4, 0.5) is 5.69 Å². The molecule has 0 saturated heterocycles. The van der Waals surface area contributed by atoms with E-state index in [2.05, 4.69) is 35.6 Å². The molecule has 126 valence electrons. The Kier molecular flexibility index (Phi) is 5.52. The van der Waals surface area contributed by atoms with E-state index >= 15 is 0 Å². The van der Waals surface area contributed by atoms with Crippen LogP contribution < -0.4 is 5.32 Å². The average molecular weight is 323 g/mol. The molecule has 3 nitrogen and oxygen atoms in total. The first-order valence-electron chi connectivity index (χ1n) is 8.83. The van der Waals surface area contributed by atoms with Crippen molar-refractivity contribution in [1.29, 1.82) is 0 Å². The number of nitrogens with one attached hydrogen (secondary N) is 1. The van der Waals surface area contributed by atoms with Crippen LogP contribution in [0.2, 0.25) is 0 Å². The minimum absolute atomic E-state index is 0.235. The minimum Gasteiger partial charge on any atom is -0.481 e. The van der Waals surface area contributed by atoms with Gasteiger partial charge in [-0.3, -0.25) is 4.79 Å². The van der Waals surface area contributed by atoms with E-state index in [0.717, 1.165) is 38.6 Å². The van der Waals surface area contributed by atoms with Crippen LogP contribution in [0.25, 0.3) is 0 Å². The van der Waals surface area contributed by atoms with E-state index in [0.29, 0.717) is 5.92 Å². The molecule has 0 saturated carbocycles. The maximum Gasteiger partial charge on any atom is 0.306 e. The minimum atomic E-state index is -0.651. The summed E-state index contributed by atoms with van der Waals surface area (Å²) in [6.07, 6.45) is 4.34. The zero-order chi connectivity index (χ0) is 16.8. The van der Waals surface area contributed by atoms with Crippen molar-refractivity contribution in [1.82, 2.24) is 0 Å². The van der Waals surface area contributed by atoms with Gasteiger partial charge in [0.1, 0.15) is 0 Å². The van der Waals surface area contributed by atoms with Gasteiger partial charge in [-0.1, -0.05) is 48.5 Å². The number of aliphatic carboxylic acids is 1. The molecule has 1 aliphatic heterocycles. The number of hydrogen-bond donors (Lipinski definition) is 2. The van der Waals surface area contributed by atoms with Gasteiger partial charge in [0.25, 0.3) is 0 Å². The molecule has 0 bridgehead atoms. The number of benzene rings is 2. The summed E-state index contributed by atoms with van der Waals surface area (Å²) < 4.78 is 0. The predicted molar refractivity (Wildman–Crippen MR) is 97.4 cm³/mol. The maximum atomic E-state index is 11.6. The molecule has 3 heteroatoms. The van der Waals surface area contributed by atoms with Crippen molar-refractivity contribution in [3.63, 3.8) is 0 Å². The third kappa shape index (κ3) is 4.16. The normalized spacial score (nSPS) is 17.1. The van der Waals surface area contributed by atoms with E-state index in [4.69, 9.17) is 0 Å². The Labute approximate surface area is 143 Å². The van der Waals surface area contributed by atoms with E-state index in [1.165, 1.54) is 16.8 Å². The van der Waals surface area contributed by atoms with Gasteiger partial charge in [-0.2, -0.15) is 0 Å². The number of carboxylic acids is 1. The second-order valence-corrected chi connectivity index (χ2v) is 6.66. The average Bonchev–Trinajstić information content (AvgIpc) is 3.02. The lowest BCUT2D eigenvalue weighted by molar-refractivity contribution is -0.142. The van der Waals surface area contributed by atoms with Crippen molar-refractivity contribution in [2.75, 3.05) is 11.9 Å². The highest BCUT2D eigenvalue weighted by atomic mass is 16.4. The predicted octanol–water partition coefficient (Wildman–Crippen LogP) is 4.70. The first-order chi connectivity index (χ1) is 11.7. The van der Waals surface area contributed by atoms with Crippen molar-refractivity contribution in [3.05, 3.63) is 65.7 Å². The smallest absolute Gasteiger partial charge is 0.306 e. The number of hydrogen-bond acceptors (Lipinski definition) is 2. The molecule has 24 heavy (non-hydrogen) atoms. The number of rotatable bonds is 8. The Morgan fingerprint density at radius 3 is 2.62 bits per heavy atom. The number of carbonyl (C=O) groups is 1. The standard InChI is InChI=1S/C21H25NO2/c23-21(24)17(10-6-9-16-7-2-1-3-8-16)13-14-18-15-22-20-12-5-4-11-19(18)20/h1-5,7-8,11-12,17-18,22H,6,9-10,13-15H2,(H,23,24). The Morgan fingerprint density at radius 1 is 1.08 bits per heavy atom. The molecule has 0 amide bonds. The molecule has 2 unspecified atom stereocenters. The first kappa shape index (κ1) is 16.6. The van der Waals surface area contributed by atoms with Gasteiger partial charge in [-0.05, 0) is 49.3 Å². The summed E-state index contributed by atoms with van der Waals surface area (Å²) >= 11 is 0. The Bertz CT molecular complexity index is 669. The molecule has 1 heterocycles. The number of aryl methyl sites for hydroxylation is 1. The zero-order valence-electron chi connectivity index (χ0n) is 13.9. The van der Waals surface area contributed by atoms with Gasteiger partial charge < -0.3 is 10.4 Å². The summed E-state index contributed by atoms with van der Waals surface area (Å²) in [6, 6.07) is 18.7. The molecule has 0 aliphatic carbocycles. The van der Waals surface area contributed by atoms with Crippen LogP contribution in [0.5, 0.6) is 0 Å². The van der Waals surface area contributed by atoms with E-state index in [1.807, 2.05) is 24.3 Å². The van der Waals surface area contributed by atoms with Gasteiger partial charge >= 0.3 is 5.97 Å². The van der Waals surface area contributed by atoms with Crippen LogP contribution >= 0.6 is 0 Å². The molecule has 0 aromatic heterocycles. The maximum absolute atomic E-state index is 11.6. The molecule has 2 aromatic rings. The van der Waals surface area contributed by atoms with E-state index in [1.54, 1.807) is 0 Å². The zero-order valence-corrected chi connectivity index (χ0v) is 13.9. The third-order valence-corrected chi connectivity index (χ3v) is 5.01. The lowest BCUT2D eigenvalue weighted by Crippen LogP contribution is -2.16. The van der Waals surface area contributed by atoms with Gasteiger partial charge in [-0.15, -0.1) is 0 Å². The summed E-state index contributed by atoms with van der Waals surface area (Å²) in [5.41, 5.74) is 3.83. The van der Waals surface area contributed by atoms with Gasteiger partial charge in [0.15, 0.2) is 0 Å². The molecule has 0 fully saturated rings. The van der Waals surface area contributed by atoms with Gasteiger partial charge in [0, 0.05) is 18.2 Å². The molecule has 2 N–H and O–H groups in total. The molecule has 1 aliphatic rings. The van der Waals surface area contributed by atoms with E-state index < -0.39 is 5.97 Å². The molecule has 0 spiro atoms. The summed E-state index contributed by atoms with van der Waals surface area (Å²) in [6.45, 7) is 0.926. The second-order valence-electron chi connectivity index (χ2n) is 6.66. The molecule has 3 rings (SSSR count). The van der Waals surface area contributed by atoms with Crippen LogP contribution in [-0.4, -0.2) is 17.6 Å². The monoisotopic (exact) mass is 323 g/mol. The molecular formula is C21H25NO2. The highest BCUT2D eigenvalue weighted by molar-refractivity contribution is 5.70. The fourth-order valence-corrected chi connectivity index (χ4v) is 3.61. The third-order valence-electron chi connectivity index (χ3n) is 5.01. The Balaban J connectivity index is 1.49. The second kappa shape index (κ2) is 8.00. The number of para-hydroxylation sites is 1. The van der Waals surface area contributed by atoms with Crippen molar-refractivity contribution in [2.24, 2.45) is 5.92 Å². The van der Waals surface area contributed by atoms with Crippen molar-refractivity contribution < 1.29 is 9.90 Å². The van der Waals surface area contributed by atoms with Crippen LogP contribution in [0.1, 0.15) is 42.7 Å². The van der Waals surface area contributed by atoms with E-state index in [9.17, 15) is 9.90 Å². The fraction of sp³-hybridized carbons (Fsp3) is 0.381. The van der Waals surface area contributed by atoms with Crippen molar-refractivity contribution >= 4 is 11.7 Å². The summed E-state index contributed by atoms with van der Waals surface area (Å²) in [5.74, 6) is -0.444. The topological polar surface area (TPSA) is 49.3 Å². The SMILES string of the molecule is O=C(O)C(CCCc1ccccc1)CCC1CNc2ccccc21. The summed E-state index contributed by atoms with van der Waals surface area (Å²) in [7, 11) is 0. The molecule has 2 atom stereocenters. The quantitative estimate of drug-likeness (QED) is 0.740. The van der Waals surface area contributed by atoms with Gasteiger partial charge in [0.05, 0.1) is 5.92 Å².